The lowest BCUT2D eigenvalue weighted by atomic mass is 9.89. The molecule has 4 saturated heterocycles. The number of alkyl carbamates (subject to hydrolysis) is 1. The molecule has 344 valence electrons. The molecular weight excluding hydrogens is 845 g/mol. The van der Waals surface area contributed by atoms with Crippen LogP contribution in [-0.2, 0) is 23.8 Å². The summed E-state index contributed by atoms with van der Waals surface area (Å²) in [6, 6.07) is 12.5. The second-order valence-corrected chi connectivity index (χ2v) is 18.8. The molecule has 6 fully saturated rings. The first-order valence-electron chi connectivity index (χ1n) is 23.2. The highest BCUT2D eigenvalue weighted by Crippen LogP contribution is 2.55. The molecule has 6 aliphatic rings. The van der Waals surface area contributed by atoms with Crippen molar-refractivity contribution in [2.24, 2.45) is 23.7 Å². The van der Waals surface area contributed by atoms with E-state index in [1.54, 1.807) is 12.4 Å². The van der Waals surface area contributed by atoms with Gasteiger partial charge in [0.1, 0.15) is 35.1 Å². The Bertz CT molecular complexity index is 2660. The zero-order valence-corrected chi connectivity index (χ0v) is 37.0. The van der Waals surface area contributed by atoms with Crippen LogP contribution in [-0.4, -0.2) is 138 Å². The summed E-state index contributed by atoms with van der Waals surface area (Å²) in [5.74, 6) is 1.82. The Kier molecular flexibility index (Phi) is 11.0. The number of likely N-dealkylation sites (tertiary alicyclic amines) is 2. The summed E-state index contributed by atoms with van der Waals surface area (Å²) in [4.78, 5) is 84.4. The van der Waals surface area contributed by atoms with Crippen LogP contribution in [0.5, 0.6) is 0 Å². The van der Waals surface area contributed by atoms with E-state index in [1.807, 2.05) is 46.3 Å². The Morgan fingerprint density at radius 3 is 1.94 bits per heavy atom. The molecule has 2 aliphatic carbocycles. The van der Waals surface area contributed by atoms with Gasteiger partial charge in [0, 0.05) is 63.5 Å². The van der Waals surface area contributed by atoms with E-state index in [-0.39, 0.29) is 47.8 Å². The minimum Gasteiger partial charge on any atom is -0.465 e. The molecule has 18 heteroatoms. The van der Waals surface area contributed by atoms with Gasteiger partial charge in [-0.05, 0) is 98.3 Å². The fourth-order valence-corrected chi connectivity index (χ4v) is 11.2. The predicted octanol–water partition coefficient (Wildman–Crippen LogP) is 5.96. The molecule has 8 atom stereocenters. The molecule has 0 radical (unpaired) electrons. The lowest BCUT2D eigenvalue weighted by Gasteiger charge is -2.38. The molecule has 0 unspecified atom stereocenters. The Hall–Kier alpha value is -6.40. The van der Waals surface area contributed by atoms with Gasteiger partial charge in [-0.25, -0.2) is 24.5 Å². The predicted molar refractivity (Wildman–Crippen MR) is 238 cm³/mol. The summed E-state index contributed by atoms with van der Waals surface area (Å²) >= 11 is 0. The SMILES string of the molecule is COC(=O)N[C@H](C(=O)N1[C@@H]2C[C@H]2C[C@H]1c1nc(-c2ccc(-c3ccc4nc(-c5c[nH]c([C@@H]6C[C@H]7C[C@H]7N6C(=O)[C@H](C6CCOCC6)N(C)C(=O)O)n5)cnc4c3)cc2)c[nH]1)C1CCOCC1. The van der Waals surface area contributed by atoms with E-state index in [4.69, 9.17) is 34.1 Å². The van der Waals surface area contributed by atoms with E-state index in [0.717, 1.165) is 59.4 Å². The number of carbonyl (C=O) groups excluding carboxylic acids is 3. The molecule has 2 aromatic carbocycles. The molecular formula is C48H54N10O8. The van der Waals surface area contributed by atoms with Gasteiger partial charge in [0.2, 0.25) is 11.8 Å². The van der Waals surface area contributed by atoms with Crippen LogP contribution in [0.1, 0.15) is 75.1 Å². The number of H-pyrrole nitrogens is 2. The van der Waals surface area contributed by atoms with Crippen LogP contribution in [0.2, 0.25) is 0 Å². The van der Waals surface area contributed by atoms with Crippen LogP contribution in [0.25, 0.3) is 44.8 Å². The van der Waals surface area contributed by atoms with E-state index in [1.165, 1.54) is 19.1 Å². The second-order valence-electron chi connectivity index (χ2n) is 18.8. The smallest absolute Gasteiger partial charge is 0.407 e. The average Bonchev–Trinajstić information content (AvgIpc) is 3.93. The van der Waals surface area contributed by atoms with Gasteiger partial charge in [0.15, 0.2) is 0 Å². The fraction of sp³-hybridized carbons (Fsp3) is 0.500. The number of aromatic nitrogens is 6. The van der Waals surface area contributed by atoms with Crippen molar-refractivity contribution in [1.82, 2.24) is 49.9 Å². The van der Waals surface area contributed by atoms with Gasteiger partial charge >= 0.3 is 12.2 Å². The number of methoxy groups -OCH3 is 1. The number of benzene rings is 2. The monoisotopic (exact) mass is 898 g/mol. The highest BCUT2D eigenvalue weighted by molar-refractivity contribution is 5.88. The summed E-state index contributed by atoms with van der Waals surface area (Å²) in [5, 5.41) is 12.8. The first-order valence-corrected chi connectivity index (χ1v) is 23.2. The minimum atomic E-state index is -1.11. The Balaban J connectivity index is 0.771. The maximum atomic E-state index is 14.3. The van der Waals surface area contributed by atoms with Crippen LogP contribution in [0.4, 0.5) is 9.59 Å². The zero-order chi connectivity index (χ0) is 45.2. The van der Waals surface area contributed by atoms with Crippen LogP contribution in [0, 0.1) is 23.7 Å². The van der Waals surface area contributed by atoms with Crippen molar-refractivity contribution < 1.29 is 38.5 Å². The van der Waals surface area contributed by atoms with Crippen LogP contribution in [0.15, 0.2) is 61.1 Å². The highest BCUT2D eigenvalue weighted by Gasteiger charge is 2.58. The molecule has 4 N–H and O–H groups in total. The summed E-state index contributed by atoms with van der Waals surface area (Å²) < 4.78 is 16.0. The van der Waals surface area contributed by atoms with Crippen molar-refractivity contribution in [1.29, 1.82) is 0 Å². The maximum absolute atomic E-state index is 14.3. The minimum absolute atomic E-state index is 0.0312. The molecule has 7 heterocycles. The van der Waals surface area contributed by atoms with Gasteiger partial charge in [0.05, 0.1) is 42.1 Å². The van der Waals surface area contributed by atoms with Crippen molar-refractivity contribution in [2.45, 2.75) is 87.6 Å². The summed E-state index contributed by atoms with van der Waals surface area (Å²) in [6.07, 6.45) is 9.82. The third kappa shape index (κ3) is 7.82. The number of rotatable bonds is 11. The summed E-state index contributed by atoms with van der Waals surface area (Å²) in [5.41, 5.74) is 6.38. The molecule has 0 bridgehead atoms. The number of likely N-dealkylation sites (N-methyl/N-ethyl adjacent to an activating group) is 1. The highest BCUT2D eigenvalue weighted by atomic mass is 16.5. The average molecular weight is 899 g/mol. The van der Waals surface area contributed by atoms with Crippen LogP contribution >= 0.6 is 0 Å². The number of aromatic amines is 2. The van der Waals surface area contributed by atoms with E-state index in [0.29, 0.717) is 86.7 Å². The standard InChI is InChI=1S/C48H54N10O8/c1-56(48(62)63)42(28-11-15-66-16-12-28)46(60)58-38-19-31(38)21-40(58)44-51-24-36(54-44)35-23-49-33-17-29(7-8-32(33)52-35)25-3-5-26(6-4-25)34-22-50-43(53-34)39-20-30-18-37(30)57(39)45(59)41(55-47(61)64-2)27-9-13-65-14-10-27/h3-8,17,22-24,27-28,30-31,37-42H,9-16,18-21H2,1-2H3,(H,50,53)(H,51,54)(H,55,61)(H,62,63)/t30-,31+,37+,38+,39-,40-,41-,42-/m0/s1. The number of piperidine rings is 2. The summed E-state index contributed by atoms with van der Waals surface area (Å²) in [6.45, 7) is 2.15. The summed E-state index contributed by atoms with van der Waals surface area (Å²) in [7, 11) is 2.81. The zero-order valence-electron chi connectivity index (χ0n) is 37.0. The molecule has 0 spiro atoms. The molecule has 5 aromatic rings. The fourth-order valence-electron chi connectivity index (χ4n) is 11.2. The van der Waals surface area contributed by atoms with Gasteiger partial charge in [-0.2, -0.15) is 0 Å². The molecule has 2 saturated carbocycles. The van der Waals surface area contributed by atoms with E-state index < -0.39 is 24.3 Å². The number of fused-ring (bicyclic) bond motifs is 3. The number of hydrogen-bond acceptors (Lipinski definition) is 11. The third-order valence-electron chi connectivity index (χ3n) is 15.0. The van der Waals surface area contributed by atoms with Crippen molar-refractivity contribution in [2.75, 3.05) is 40.6 Å². The largest absolute Gasteiger partial charge is 0.465 e. The lowest BCUT2D eigenvalue weighted by Crippen LogP contribution is -2.54. The number of carboxylic acid groups (broad SMARTS) is 1. The number of nitrogens with zero attached hydrogens (tertiary/aromatic N) is 7. The Labute approximate surface area is 380 Å². The third-order valence-corrected chi connectivity index (χ3v) is 15.0. The molecule has 18 nitrogen and oxygen atoms in total. The Morgan fingerprint density at radius 2 is 1.30 bits per heavy atom. The molecule has 4 amide bonds. The quantitative estimate of drug-likeness (QED) is 0.121. The van der Waals surface area contributed by atoms with Crippen molar-refractivity contribution in [3.05, 3.63) is 72.7 Å². The number of imidazole rings is 2. The van der Waals surface area contributed by atoms with Gasteiger partial charge in [-0.15, -0.1) is 0 Å². The molecule has 11 rings (SSSR count). The normalized spacial score (nSPS) is 25.8. The van der Waals surface area contributed by atoms with Gasteiger partial charge in [-0.1, -0.05) is 30.3 Å². The van der Waals surface area contributed by atoms with Crippen molar-refractivity contribution in [3.8, 4) is 33.8 Å². The molecule has 66 heavy (non-hydrogen) atoms. The maximum Gasteiger partial charge on any atom is 0.407 e. The van der Waals surface area contributed by atoms with E-state index in [9.17, 15) is 24.3 Å². The topological polar surface area (TPSA) is 221 Å². The van der Waals surface area contributed by atoms with Gasteiger partial charge < -0.3 is 44.4 Å². The van der Waals surface area contributed by atoms with Gasteiger partial charge in [0.25, 0.3) is 0 Å². The number of nitrogens with one attached hydrogen (secondary N) is 3. The van der Waals surface area contributed by atoms with E-state index in [2.05, 4.69) is 27.4 Å². The van der Waals surface area contributed by atoms with Crippen molar-refractivity contribution in [3.63, 3.8) is 0 Å². The number of hydrogen-bond donors (Lipinski definition) is 4. The second kappa shape index (κ2) is 17.1. The number of ether oxygens (including phenoxy) is 3. The van der Waals surface area contributed by atoms with Crippen LogP contribution in [0.3, 0.4) is 0 Å². The van der Waals surface area contributed by atoms with Gasteiger partial charge in [-0.3, -0.25) is 19.5 Å². The number of amides is 4. The first-order chi connectivity index (χ1) is 32.1. The van der Waals surface area contributed by atoms with Crippen molar-refractivity contribution >= 4 is 35.0 Å². The molecule has 4 aliphatic heterocycles. The molecule has 3 aromatic heterocycles. The van der Waals surface area contributed by atoms with Crippen LogP contribution < -0.4 is 5.32 Å². The van der Waals surface area contributed by atoms with E-state index >= 15 is 0 Å². The number of carbonyl (C=O) groups is 4. The first kappa shape index (κ1) is 42.2. The Morgan fingerprint density at radius 1 is 0.727 bits per heavy atom. The lowest BCUT2D eigenvalue weighted by molar-refractivity contribution is -0.141.